The highest BCUT2D eigenvalue weighted by Gasteiger charge is 2.16. The van der Waals surface area contributed by atoms with Gasteiger partial charge in [-0.2, -0.15) is 0 Å². The maximum atomic E-state index is 12.6. The van der Waals surface area contributed by atoms with Crippen LogP contribution in [0.5, 0.6) is 5.75 Å². The van der Waals surface area contributed by atoms with Gasteiger partial charge in [-0.05, 0) is 47.6 Å². The molecular weight excluding hydrogens is 352 g/mol. The third-order valence-corrected chi connectivity index (χ3v) is 5.20. The fourth-order valence-corrected chi connectivity index (χ4v) is 3.47. The first-order valence-electron chi connectivity index (χ1n) is 9.48. The van der Waals surface area contributed by atoms with E-state index in [1.807, 2.05) is 36.4 Å². The van der Waals surface area contributed by atoms with Crippen LogP contribution in [0.2, 0.25) is 0 Å². The van der Waals surface area contributed by atoms with Crippen LogP contribution >= 0.6 is 0 Å². The fourth-order valence-electron chi connectivity index (χ4n) is 3.47. The number of carbonyl (C=O) groups is 1. The van der Waals surface area contributed by atoms with Crippen LogP contribution in [0.1, 0.15) is 15.9 Å². The number of phenolic OH excluding ortho intramolecular Hbond substituents is 1. The van der Waals surface area contributed by atoms with Crippen molar-refractivity contribution >= 4 is 22.5 Å². The van der Waals surface area contributed by atoms with E-state index < -0.39 is 0 Å². The van der Waals surface area contributed by atoms with Gasteiger partial charge in [0, 0.05) is 38.9 Å². The Morgan fingerprint density at radius 1 is 1.07 bits per heavy atom. The minimum absolute atomic E-state index is 0.0101. The van der Waals surface area contributed by atoms with Gasteiger partial charge in [0.25, 0.3) is 5.91 Å². The number of hydrogen-bond donors (Lipinski definition) is 2. The number of aromatic nitrogens is 1. The van der Waals surface area contributed by atoms with Crippen molar-refractivity contribution in [2.24, 2.45) is 0 Å². The van der Waals surface area contributed by atoms with Gasteiger partial charge in [0.1, 0.15) is 11.6 Å². The highest BCUT2D eigenvalue weighted by atomic mass is 16.3. The number of aromatic hydroxyl groups is 1. The predicted molar refractivity (Wildman–Crippen MR) is 111 cm³/mol. The van der Waals surface area contributed by atoms with Crippen LogP contribution < -0.4 is 10.2 Å². The summed E-state index contributed by atoms with van der Waals surface area (Å²) in [6.07, 6.45) is 1.78. The zero-order valence-corrected chi connectivity index (χ0v) is 15.9. The van der Waals surface area contributed by atoms with Crippen molar-refractivity contribution in [1.29, 1.82) is 0 Å². The van der Waals surface area contributed by atoms with Crippen LogP contribution in [0.15, 0.2) is 54.7 Å². The lowest BCUT2D eigenvalue weighted by atomic mass is 10.1. The van der Waals surface area contributed by atoms with E-state index in [-0.39, 0.29) is 17.2 Å². The number of nitrogens with one attached hydrogen (secondary N) is 1. The molecule has 144 valence electrons. The van der Waals surface area contributed by atoms with Crippen molar-refractivity contribution in [1.82, 2.24) is 15.2 Å². The molecule has 6 nitrogen and oxygen atoms in total. The Morgan fingerprint density at radius 2 is 1.79 bits per heavy atom. The van der Waals surface area contributed by atoms with Crippen molar-refractivity contribution < 1.29 is 9.90 Å². The third-order valence-electron chi connectivity index (χ3n) is 5.20. The lowest BCUT2D eigenvalue weighted by Crippen LogP contribution is -2.44. The monoisotopic (exact) mass is 376 g/mol. The second kappa shape index (κ2) is 7.86. The van der Waals surface area contributed by atoms with Crippen LogP contribution in [-0.4, -0.2) is 54.1 Å². The first-order chi connectivity index (χ1) is 13.6. The number of anilines is 1. The predicted octanol–water partition coefficient (Wildman–Crippen LogP) is 2.62. The van der Waals surface area contributed by atoms with Gasteiger partial charge >= 0.3 is 0 Å². The number of likely N-dealkylation sites (N-methyl/N-ethyl adjacent to an activating group) is 1. The molecule has 0 atom stereocenters. The number of fused-ring (bicyclic) bond motifs is 1. The Balaban J connectivity index is 1.45. The van der Waals surface area contributed by atoms with Gasteiger partial charge < -0.3 is 20.2 Å². The first kappa shape index (κ1) is 18.3. The second-order valence-electron chi connectivity index (χ2n) is 7.21. The Kier molecular flexibility index (Phi) is 5.12. The largest absolute Gasteiger partial charge is 0.507 e. The normalized spacial score (nSPS) is 15.0. The quantitative estimate of drug-likeness (QED) is 0.733. The number of hydrogen-bond acceptors (Lipinski definition) is 5. The van der Waals surface area contributed by atoms with Gasteiger partial charge in [-0.15, -0.1) is 0 Å². The number of rotatable bonds is 4. The summed E-state index contributed by atoms with van der Waals surface area (Å²) in [4.78, 5) is 21.6. The molecular formula is C22H24N4O2. The summed E-state index contributed by atoms with van der Waals surface area (Å²) in [5.41, 5.74) is 1.27. The van der Waals surface area contributed by atoms with Crippen LogP contribution in [-0.2, 0) is 6.54 Å². The number of pyridine rings is 1. The van der Waals surface area contributed by atoms with Crippen LogP contribution in [0.25, 0.3) is 10.8 Å². The van der Waals surface area contributed by atoms with E-state index in [0.29, 0.717) is 6.54 Å². The molecule has 0 radical (unpaired) electrons. The van der Waals surface area contributed by atoms with E-state index in [0.717, 1.165) is 48.3 Å². The fraction of sp³-hybridized carbons (Fsp3) is 0.273. The molecule has 1 saturated heterocycles. The third kappa shape index (κ3) is 3.92. The smallest absolute Gasteiger partial charge is 0.255 e. The summed E-state index contributed by atoms with van der Waals surface area (Å²) in [6, 6.07) is 14.9. The summed E-state index contributed by atoms with van der Waals surface area (Å²) in [5, 5.41) is 15.0. The molecule has 2 N–H and O–H groups in total. The topological polar surface area (TPSA) is 68.7 Å². The highest BCUT2D eigenvalue weighted by molar-refractivity contribution is 6.01. The minimum atomic E-state index is -0.291. The van der Waals surface area contributed by atoms with Crippen molar-refractivity contribution in [3.8, 4) is 5.75 Å². The van der Waals surface area contributed by atoms with E-state index in [1.165, 1.54) is 0 Å². The number of piperazine rings is 1. The summed E-state index contributed by atoms with van der Waals surface area (Å²) >= 11 is 0. The van der Waals surface area contributed by atoms with Crippen molar-refractivity contribution in [2.45, 2.75) is 6.54 Å². The SMILES string of the molecule is CN1CCN(c2cc(CNC(=O)c3cc4ccccc4cc3O)ccn2)CC1. The summed E-state index contributed by atoms with van der Waals surface area (Å²) in [5.74, 6) is 0.638. The maximum absolute atomic E-state index is 12.6. The van der Waals surface area contributed by atoms with Gasteiger partial charge in [0.2, 0.25) is 0 Å². The van der Waals surface area contributed by atoms with Crippen LogP contribution in [0.4, 0.5) is 5.82 Å². The number of nitrogens with zero attached hydrogens (tertiary/aromatic N) is 3. The van der Waals surface area contributed by atoms with Crippen LogP contribution in [0, 0.1) is 0 Å². The molecule has 6 heteroatoms. The average molecular weight is 376 g/mol. The molecule has 1 aromatic heterocycles. The number of amides is 1. The molecule has 1 fully saturated rings. The summed E-state index contributed by atoms with van der Waals surface area (Å²) < 4.78 is 0. The maximum Gasteiger partial charge on any atom is 0.255 e. The molecule has 1 aliphatic heterocycles. The molecule has 1 amide bonds. The van der Waals surface area contributed by atoms with E-state index in [1.54, 1.807) is 18.3 Å². The zero-order valence-electron chi connectivity index (χ0n) is 15.9. The zero-order chi connectivity index (χ0) is 19.5. The molecule has 0 aliphatic carbocycles. The first-order valence-corrected chi connectivity index (χ1v) is 9.48. The minimum Gasteiger partial charge on any atom is -0.507 e. The van der Waals surface area contributed by atoms with Crippen molar-refractivity contribution in [2.75, 3.05) is 38.1 Å². The van der Waals surface area contributed by atoms with E-state index in [9.17, 15) is 9.90 Å². The van der Waals surface area contributed by atoms with E-state index >= 15 is 0 Å². The highest BCUT2D eigenvalue weighted by Crippen LogP contribution is 2.25. The summed E-state index contributed by atoms with van der Waals surface area (Å²) in [6.45, 7) is 4.32. The van der Waals surface area contributed by atoms with Gasteiger partial charge in [-0.3, -0.25) is 4.79 Å². The lowest BCUT2D eigenvalue weighted by molar-refractivity contribution is 0.0948. The lowest BCUT2D eigenvalue weighted by Gasteiger charge is -2.33. The van der Waals surface area contributed by atoms with Gasteiger partial charge in [-0.25, -0.2) is 4.98 Å². The van der Waals surface area contributed by atoms with Gasteiger partial charge in [-0.1, -0.05) is 24.3 Å². The Morgan fingerprint density at radius 3 is 2.54 bits per heavy atom. The molecule has 0 unspecified atom stereocenters. The standard InChI is InChI=1S/C22H24N4O2/c1-25-8-10-26(11-9-25)21-12-16(6-7-23-21)15-24-22(28)19-13-17-4-2-3-5-18(17)14-20(19)27/h2-7,12-14,27H,8-11,15H2,1H3,(H,24,28). The number of benzene rings is 2. The Labute approximate surface area is 164 Å². The molecule has 0 spiro atoms. The van der Waals surface area contributed by atoms with Crippen molar-refractivity contribution in [3.63, 3.8) is 0 Å². The number of carbonyl (C=O) groups excluding carboxylic acids is 1. The molecule has 2 aromatic carbocycles. The Bertz CT molecular complexity index is 997. The average Bonchev–Trinajstić information content (AvgIpc) is 2.72. The van der Waals surface area contributed by atoms with Crippen molar-refractivity contribution in [3.05, 3.63) is 65.9 Å². The van der Waals surface area contributed by atoms with Crippen LogP contribution in [0.3, 0.4) is 0 Å². The molecule has 3 aromatic rings. The second-order valence-corrected chi connectivity index (χ2v) is 7.21. The van der Waals surface area contributed by atoms with Gasteiger partial charge in [0.05, 0.1) is 5.56 Å². The Hall–Kier alpha value is -3.12. The van der Waals surface area contributed by atoms with Gasteiger partial charge in [0.15, 0.2) is 0 Å². The molecule has 1 aliphatic rings. The molecule has 0 bridgehead atoms. The molecule has 2 heterocycles. The summed E-state index contributed by atoms with van der Waals surface area (Å²) in [7, 11) is 2.12. The van der Waals surface area contributed by atoms with E-state index in [2.05, 4.69) is 27.1 Å². The molecule has 4 rings (SSSR count). The number of phenols is 1. The molecule has 28 heavy (non-hydrogen) atoms. The van der Waals surface area contributed by atoms with E-state index in [4.69, 9.17) is 0 Å². The molecule has 0 saturated carbocycles.